The fourth-order valence-electron chi connectivity index (χ4n) is 5.40. The Kier molecular flexibility index (Phi) is 34.8. The molecule has 35 nitrogen and oxygen atoms in total. The van der Waals surface area contributed by atoms with Crippen molar-refractivity contribution >= 4 is 86.7 Å². The van der Waals surface area contributed by atoms with E-state index < -0.39 is 139 Å². The molecule has 0 radical (unpaired) electrons. The molecule has 2 rings (SSSR count). The Balaban J connectivity index is -0.000000862. The predicted molar refractivity (Wildman–Crippen MR) is 264 cm³/mol. The first kappa shape index (κ1) is 77.2. The average Bonchev–Trinajstić information content (AvgIpc) is 3.05. The molecule has 73 heavy (non-hydrogen) atoms. The average molecular weight is 1260 g/mol. The molecular weight excluding hydrogens is 1200 g/mol. The van der Waals surface area contributed by atoms with Gasteiger partial charge in [0.1, 0.15) is 62.9 Å². The Hall–Kier alpha value is -0.000000000000000486. The van der Waals surface area contributed by atoms with E-state index in [0.717, 1.165) is 40.8 Å². The van der Waals surface area contributed by atoms with E-state index in [1.165, 1.54) is 14.1 Å². The fourth-order valence-corrected chi connectivity index (χ4v) is 13.7. The highest BCUT2D eigenvalue weighted by atomic mass is 31.2. The van der Waals surface area contributed by atoms with Crippen LogP contribution in [0, 0.1) is 0 Å². The summed E-state index contributed by atoms with van der Waals surface area (Å²) in [6.07, 6.45) is -5.95. The molecule has 0 atom stereocenters. The third kappa shape index (κ3) is 56.5. The zero-order valence-electron chi connectivity index (χ0n) is 39.2. The lowest BCUT2D eigenvalue weighted by Crippen LogP contribution is -2.26. The van der Waals surface area contributed by atoms with Crippen LogP contribution in [0.25, 0.3) is 10.8 Å². The molecule has 0 saturated heterocycles. The molecule has 2 aromatic rings. The van der Waals surface area contributed by atoms with E-state index in [-0.39, 0.29) is 19.6 Å². The number of rotatable bonds is 25. The van der Waals surface area contributed by atoms with Gasteiger partial charge in [0.15, 0.2) is 0 Å². The zero-order valence-corrected chi connectivity index (χ0v) is 48.1. The third-order valence-electron chi connectivity index (χ3n) is 7.22. The normalized spacial score (nSPS) is 13.5. The summed E-state index contributed by atoms with van der Waals surface area (Å²) in [6, 6.07) is 13.1. The van der Waals surface area contributed by atoms with Crippen LogP contribution in [-0.2, 0) is 52.2 Å². The molecule has 0 aliphatic carbocycles. The monoisotopic (exact) mass is 1260 g/mol. The highest BCUT2D eigenvalue weighted by Crippen LogP contribution is 2.44. The maximum absolute atomic E-state index is 11.1. The molecule has 0 spiro atoms. The quantitative estimate of drug-likeness (QED) is 0.0574. The maximum atomic E-state index is 11.1. The van der Waals surface area contributed by atoms with Crippen LogP contribution in [0.15, 0.2) is 42.5 Å². The first-order chi connectivity index (χ1) is 32.1. The van der Waals surface area contributed by atoms with Crippen LogP contribution in [-0.4, -0.2) is 212 Å². The lowest BCUT2D eigenvalue weighted by molar-refractivity contribution is 0.272. The molecule has 0 saturated carbocycles. The molecule has 0 unspecified atom stereocenters. The fraction of sp³-hybridized carbons (Fsp3) is 0.643. The van der Waals surface area contributed by atoms with Gasteiger partial charge in [-0.05, 0) is 56.0 Å². The topological polar surface area (TPSA) is 592 Å². The van der Waals surface area contributed by atoms with Crippen LogP contribution in [0.2, 0.25) is 0 Å². The van der Waals surface area contributed by atoms with Gasteiger partial charge in [-0.25, -0.2) is 0 Å². The van der Waals surface area contributed by atoms with Gasteiger partial charge in [-0.3, -0.25) is 70.2 Å². The van der Waals surface area contributed by atoms with Crippen molar-refractivity contribution in [3.05, 3.63) is 48.0 Å². The molecule has 434 valence electrons. The highest BCUT2D eigenvalue weighted by molar-refractivity contribution is 7.54. The van der Waals surface area contributed by atoms with Gasteiger partial charge in [0, 0.05) is 6.54 Å². The molecule has 0 bridgehead atoms. The van der Waals surface area contributed by atoms with Gasteiger partial charge in [0.2, 0.25) is 0 Å². The number of hydrogen-bond acceptors (Lipinski definition) is 15. The van der Waals surface area contributed by atoms with E-state index in [0.29, 0.717) is 6.42 Å². The van der Waals surface area contributed by atoms with Gasteiger partial charge >= 0.3 is 76.0 Å². The minimum Gasteiger partial charge on any atom is -0.324 e. The molecule has 0 amide bonds. The van der Waals surface area contributed by atoms with Gasteiger partial charge in [-0.2, -0.15) is 0 Å². The van der Waals surface area contributed by atoms with Gasteiger partial charge in [-0.1, -0.05) is 50.2 Å². The summed E-state index contributed by atoms with van der Waals surface area (Å²) >= 11 is 0. The molecule has 20 N–H and O–H groups in total. The van der Waals surface area contributed by atoms with Crippen molar-refractivity contribution in [2.45, 2.75) is 26.8 Å². The number of hydrogen-bond donors (Lipinski definition) is 20. The largest absolute Gasteiger partial charge is 0.339 e. The second kappa shape index (κ2) is 32.9. The summed E-state index contributed by atoms with van der Waals surface area (Å²) in [7, 11) is -40.3. The first-order valence-corrected chi connectivity index (χ1v) is 37.6. The van der Waals surface area contributed by atoms with Gasteiger partial charge in [0.25, 0.3) is 0 Å². The van der Waals surface area contributed by atoms with E-state index in [2.05, 4.69) is 0 Å². The Morgan fingerprint density at radius 3 is 0.863 bits per heavy atom. The van der Waals surface area contributed by atoms with Crippen LogP contribution >= 0.6 is 76.0 Å². The Morgan fingerprint density at radius 2 is 0.603 bits per heavy atom. The van der Waals surface area contributed by atoms with E-state index >= 15 is 0 Å². The summed E-state index contributed by atoms with van der Waals surface area (Å²) in [4.78, 5) is 177. The summed E-state index contributed by atoms with van der Waals surface area (Å²) < 4.78 is 106. The summed E-state index contributed by atoms with van der Waals surface area (Å²) in [5.74, 6) is 0. The molecule has 45 heteroatoms. The van der Waals surface area contributed by atoms with Crippen molar-refractivity contribution in [1.29, 1.82) is 0 Å². The molecule has 0 aliphatic rings. The van der Waals surface area contributed by atoms with Crippen LogP contribution in [0.4, 0.5) is 0 Å². The lowest BCUT2D eigenvalue weighted by Gasteiger charge is -2.23. The van der Waals surface area contributed by atoms with Crippen molar-refractivity contribution in [2.24, 2.45) is 0 Å². The van der Waals surface area contributed by atoms with E-state index in [4.69, 9.17) is 97.9 Å². The van der Waals surface area contributed by atoms with Crippen LogP contribution in [0.5, 0.6) is 0 Å². The molecule has 0 aliphatic heterocycles. The SMILES string of the molecule is CCCN(CP(=O)(O)O)CP(=O)(O)O.CCN(CP(=O)(O)O)CP(=O)(O)O.CN(CP(=O)(O)O)CP(=O)(O)O.CN(CP(=O)(O)O)CP(=O)(O)O.O=P(O)(O)CN(Cc1ccc2ccccc2c1)CP(=O)(O)O. The first-order valence-electron chi connectivity index (χ1n) is 19.6. The second-order valence-corrected chi connectivity index (χ2v) is 31.8. The van der Waals surface area contributed by atoms with Gasteiger partial charge < -0.3 is 97.9 Å². The van der Waals surface area contributed by atoms with Crippen molar-refractivity contribution in [1.82, 2.24) is 24.5 Å². The van der Waals surface area contributed by atoms with Gasteiger partial charge in [0.05, 0.1) is 0 Å². The molecular formula is C28H67N5O30P10. The van der Waals surface area contributed by atoms with Crippen LogP contribution in [0.3, 0.4) is 0 Å². The van der Waals surface area contributed by atoms with Crippen molar-refractivity contribution in [3.8, 4) is 0 Å². The standard InChI is InChI=1S/C13H17NO6P2.C5H15NO6P2.C4H13NO6P2.2C3H11NO6P2/c15-21(16,17)9-14(10-22(18,19)20)8-11-5-6-12-3-1-2-4-13(12)7-11;1-2-3-6(4-13(7,8)9)5-14(10,11)12;1-2-5(3-12(6,7)8)4-13(9,10)11;2*1-4(2-11(5,6)7)3-12(8,9)10/h1-7H,8-10H2,(H2,15,16,17)(H2,18,19,20);2-5H2,1H3,(H2,7,8,9)(H2,10,11,12);2-4H2,1H3,(H2,6,7,8)(H2,9,10,11);2*2-3H2,1H3,(H2,5,6,7)(H2,8,9,10). The minimum atomic E-state index is -4.41. The van der Waals surface area contributed by atoms with Gasteiger partial charge in [-0.15, -0.1) is 0 Å². The minimum absolute atomic E-state index is 0.0427. The van der Waals surface area contributed by atoms with Crippen LogP contribution in [0.1, 0.15) is 25.8 Å². The van der Waals surface area contributed by atoms with Crippen molar-refractivity contribution < 1.29 is 144 Å². The smallest absolute Gasteiger partial charge is 0.324 e. The van der Waals surface area contributed by atoms with E-state index in [1.807, 2.05) is 36.4 Å². The van der Waals surface area contributed by atoms with E-state index in [1.54, 1.807) is 19.9 Å². The zero-order chi connectivity index (χ0) is 58.5. The summed E-state index contributed by atoms with van der Waals surface area (Å²) in [6.45, 7) is 3.78. The second-order valence-electron chi connectivity index (χ2n) is 15.7. The Labute approximate surface area is 418 Å². The molecule has 2 aromatic carbocycles. The third-order valence-corrected chi connectivity index (χ3v) is 15.2. The predicted octanol–water partition coefficient (Wildman–Crippen LogP) is -0.163. The number of fused-ring (bicyclic) bond motifs is 1. The summed E-state index contributed by atoms with van der Waals surface area (Å²) in [5.41, 5.74) is 0.723. The Morgan fingerprint density at radius 1 is 0.342 bits per heavy atom. The summed E-state index contributed by atoms with van der Waals surface area (Å²) in [5, 5.41) is 1.97. The molecule has 0 heterocycles. The highest BCUT2D eigenvalue weighted by Gasteiger charge is 2.28. The van der Waals surface area contributed by atoms with Crippen LogP contribution < -0.4 is 0 Å². The van der Waals surface area contributed by atoms with Crippen molar-refractivity contribution in [3.63, 3.8) is 0 Å². The number of nitrogens with zero attached hydrogens (tertiary/aromatic N) is 5. The number of benzene rings is 2. The van der Waals surface area contributed by atoms with E-state index in [9.17, 15) is 45.7 Å². The maximum Gasteiger partial charge on any atom is 0.339 e. The van der Waals surface area contributed by atoms with Crippen molar-refractivity contribution in [2.75, 3.05) is 90.0 Å². The Bertz CT molecular complexity index is 2280. The molecule has 0 aromatic heterocycles. The lowest BCUT2D eigenvalue weighted by atomic mass is 10.1. The molecule has 0 fully saturated rings.